The fourth-order valence-corrected chi connectivity index (χ4v) is 2.21. The number of esters is 1. The van der Waals surface area contributed by atoms with Crippen LogP contribution in [0.25, 0.3) is 0 Å². The minimum absolute atomic E-state index is 0.109. The highest BCUT2D eigenvalue weighted by Crippen LogP contribution is 2.07. The minimum Gasteiger partial charge on any atom is -0.481 e. The second-order valence-electron chi connectivity index (χ2n) is 6.30. The molecule has 0 aliphatic rings. The Morgan fingerprint density at radius 3 is 2.35 bits per heavy atom. The zero-order valence-electron chi connectivity index (χ0n) is 15.3. The van der Waals surface area contributed by atoms with Crippen molar-refractivity contribution in [1.82, 2.24) is 5.32 Å². The number of alkyl carbamates (subject to hydrolysis) is 1. The molecule has 2 N–H and O–H groups in total. The molecule has 26 heavy (non-hydrogen) atoms. The molecule has 0 aliphatic carbocycles. The number of amides is 1. The summed E-state index contributed by atoms with van der Waals surface area (Å²) >= 11 is 0. The fourth-order valence-electron chi connectivity index (χ4n) is 2.21. The van der Waals surface area contributed by atoms with Crippen molar-refractivity contribution in [3.63, 3.8) is 0 Å². The largest absolute Gasteiger partial charge is 0.481 e. The molecule has 0 saturated heterocycles. The van der Waals surface area contributed by atoms with Gasteiger partial charge < -0.3 is 19.9 Å². The first kappa shape index (κ1) is 21.5. The van der Waals surface area contributed by atoms with E-state index in [1.54, 1.807) is 13.8 Å². The standard InChI is InChI=1S/C19H27NO6/c1-14(2)17(18(23)25-12-8-4-7-11-16(21)22)20-19(24)26-13-15-9-5-3-6-10-15/h3,5-6,9-10,14,17H,4,7-8,11-13H2,1-2H3,(H,20,24)(H,21,22). The van der Waals surface area contributed by atoms with Crippen LogP contribution in [0.4, 0.5) is 4.79 Å². The van der Waals surface area contributed by atoms with Crippen LogP contribution < -0.4 is 5.32 Å². The Morgan fingerprint density at radius 2 is 1.73 bits per heavy atom. The second-order valence-corrected chi connectivity index (χ2v) is 6.30. The Labute approximate surface area is 153 Å². The number of hydrogen-bond acceptors (Lipinski definition) is 5. The summed E-state index contributed by atoms with van der Waals surface area (Å²) in [6.45, 7) is 3.92. The predicted octanol–water partition coefficient (Wildman–Crippen LogP) is 3.13. The number of carboxylic acids is 1. The van der Waals surface area contributed by atoms with Crippen LogP contribution >= 0.6 is 0 Å². The molecule has 0 heterocycles. The number of aliphatic carboxylic acids is 1. The van der Waals surface area contributed by atoms with Gasteiger partial charge in [0.25, 0.3) is 0 Å². The maximum absolute atomic E-state index is 12.1. The summed E-state index contributed by atoms with van der Waals surface area (Å²) in [5.74, 6) is -1.51. The molecule has 144 valence electrons. The number of unbranched alkanes of at least 4 members (excludes halogenated alkanes) is 2. The van der Waals surface area contributed by atoms with E-state index in [0.717, 1.165) is 5.56 Å². The monoisotopic (exact) mass is 365 g/mol. The molecule has 1 aromatic carbocycles. The lowest BCUT2D eigenvalue weighted by molar-refractivity contribution is -0.147. The maximum Gasteiger partial charge on any atom is 0.408 e. The van der Waals surface area contributed by atoms with Crippen molar-refractivity contribution in [2.24, 2.45) is 5.92 Å². The maximum atomic E-state index is 12.1. The van der Waals surface area contributed by atoms with Gasteiger partial charge in [-0.05, 0) is 30.7 Å². The number of hydrogen-bond donors (Lipinski definition) is 2. The molecule has 0 fully saturated rings. The number of carbonyl (C=O) groups excluding carboxylic acids is 2. The topological polar surface area (TPSA) is 102 Å². The molecule has 0 radical (unpaired) electrons. The number of benzene rings is 1. The van der Waals surface area contributed by atoms with Crippen molar-refractivity contribution in [2.75, 3.05) is 6.61 Å². The van der Waals surface area contributed by atoms with Crippen LogP contribution in [0.15, 0.2) is 30.3 Å². The first-order chi connectivity index (χ1) is 12.4. The van der Waals surface area contributed by atoms with Gasteiger partial charge in [-0.15, -0.1) is 0 Å². The summed E-state index contributed by atoms with van der Waals surface area (Å²) in [5.41, 5.74) is 0.854. The zero-order chi connectivity index (χ0) is 19.4. The van der Waals surface area contributed by atoms with E-state index in [4.69, 9.17) is 14.6 Å². The number of carbonyl (C=O) groups is 3. The first-order valence-corrected chi connectivity index (χ1v) is 8.75. The highest BCUT2D eigenvalue weighted by molar-refractivity contribution is 5.81. The van der Waals surface area contributed by atoms with Crippen molar-refractivity contribution in [3.05, 3.63) is 35.9 Å². The van der Waals surface area contributed by atoms with Gasteiger partial charge in [-0.2, -0.15) is 0 Å². The molecule has 1 atom stereocenters. The Bertz CT molecular complexity index is 573. The molecule has 0 saturated carbocycles. The number of ether oxygens (including phenoxy) is 2. The number of rotatable bonds is 11. The number of nitrogens with one attached hydrogen (secondary N) is 1. The quantitative estimate of drug-likeness (QED) is 0.461. The van der Waals surface area contributed by atoms with Gasteiger partial charge in [0.1, 0.15) is 12.6 Å². The Balaban J connectivity index is 2.33. The van der Waals surface area contributed by atoms with Gasteiger partial charge in [0, 0.05) is 6.42 Å². The summed E-state index contributed by atoms with van der Waals surface area (Å²) in [6.07, 6.45) is 1.23. The lowest BCUT2D eigenvalue weighted by atomic mass is 10.1. The predicted molar refractivity (Wildman–Crippen MR) is 95.5 cm³/mol. The van der Waals surface area contributed by atoms with Crippen LogP contribution in [0.2, 0.25) is 0 Å². The molecule has 1 unspecified atom stereocenters. The molecule has 1 amide bonds. The van der Waals surface area contributed by atoms with E-state index in [1.807, 2.05) is 30.3 Å². The van der Waals surface area contributed by atoms with E-state index in [2.05, 4.69) is 5.32 Å². The van der Waals surface area contributed by atoms with Crippen molar-refractivity contribution >= 4 is 18.0 Å². The van der Waals surface area contributed by atoms with Crippen molar-refractivity contribution in [3.8, 4) is 0 Å². The van der Waals surface area contributed by atoms with Crippen molar-refractivity contribution in [2.45, 2.75) is 52.2 Å². The van der Waals surface area contributed by atoms with E-state index >= 15 is 0 Å². The molecule has 0 aliphatic heterocycles. The molecule has 1 rings (SSSR count). The van der Waals surface area contributed by atoms with E-state index < -0.39 is 24.1 Å². The number of carboxylic acid groups (broad SMARTS) is 1. The Morgan fingerprint density at radius 1 is 1.04 bits per heavy atom. The van der Waals surface area contributed by atoms with Crippen LogP contribution in [-0.4, -0.2) is 35.8 Å². The minimum atomic E-state index is -0.833. The lowest BCUT2D eigenvalue weighted by Gasteiger charge is -2.20. The third-order valence-corrected chi connectivity index (χ3v) is 3.69. The van der Waals surface area contributed by atoms with Gasteiger partial charge >= 0.3 is 18.0 Å². The summed E-state index contributed by atoms with van der Waals surface area (Å²) < 4.78 is 10.3. The molecule has 7 nitrogen and oxygen atoms in total. The van der Waals surface area contributed by atoms with Gasteiger partial charge in [-0.3, -0.25) is 4.79 Å². The second kappa shape index (κ2) is 11.9. The van der Waals surface area contributed by atoms with Gasteiger partial charge in [0.2, 0.25) is 0 Å². The van der Waals surface area contributed by atoms with Gasteiger partial charge in [-0.1, -0.05) is 44.2 Å². The smallest absolute Gasteiger partial charge is 0.408 e. The molecule has 1 aromatic rings. The van der Waals surface area contributed by atoms with Crippen molar-refractivity contribution in [1.29, 1.82) is 0 Å². The van der Waals surface area contributed by atoms with Crippen LogP contribution in [0.1, 0.15) is 45.1 Å². The van der Waals surface area contributed by atoms with Crippen LogP contribution in [0, 0.1) is 5.92 Å². The molecule has 0 spiro atoms. The lowest BCUT2D eigenvalue weighted by Crippen LogP contribution is -2.45. The normalized spacial score (nSPS) is 11.7. The van der Waals surface area contributed by atoms with E-state index in [1.165, 1.54) is 0 Å². The first-order valence-electron chi connectivity index (χ1n) is 8.75. The fraction of sp³-hybridized carbons (Fsp3) is 0.526. The third-order valence-electron chi connectivity index (χ3n) is 3.69. The molecule has 7 heteroatoms. The summed E-state index contributed by atoms with van der Waals surface area (Å²) in [4.78, 5) is 34.5. The van der Waals surface area contributed by atoms with Crippen LogP contribution in [0.3, 0.4) is 0 Å². The van der Waals surface area contributed by atoms with E-state index in [-0.39, 0.29) is 25.6 Å². The average Bonchev–Trinajstić information content (AvgIpc) is 2.61. The van der Waals surface area contributed by atoms with E-state index in [9.17, 15) is 14.4 Å². The zero-order valence-corrected chi connectivity index (χ0v) is 15.3. The van der Waals surface area contributed by atoms with Crippen LogP contribution in [0.5, 0.6) is 0 Å². The SMILES string of the molecule is CC(C)C(NC(=O)OCc1ccccc1)C(=O)OCCCCCC(=O)O. The molecular formula is C19H27NO6. The van der Waals surface area contributed by atoms with Gasteiger partial charge in [-0.25, -0.2) is 9.59 Å². The highest BCUT2D eigenvalue weighted by Gasteiger charge is 2.26. The average molecular weight is 365 g/mol. The van der Waals surface area contributed by atoms with Gasteiger partial charge in [0.15, 0.2) is 0 Å². The van der Waals surface area contributed by atoms with Crippen LogP contribution in [-0.2, 0) is 25.7 Å². The summed E-state index contributed by atoms with van der Waals surface area (Å²) in [5, 5.41) is 11.1. The van der Waals surface area contributed by atoms with E-state index in [0.29, 0.717) is 19.3 Å². The van der Waals surface area contributed by atoms with Gasteiger partial charge in [0.05, 0.1) is 6.61 Å². The molecule has 0 aromatic heterocycles. The summed E-state index contributed by atoms with van der Waals surface area (Å²) in [7, 11) is 0. The third kappa shape index (κ3) is 9.05. The Kier molecular flexibility index (Phi) is 9.82. The highest BCUT2D eigenvalue weighted by atomic mass is 16.6. The Hall–Kier alpha value is -2.57. The molecular weight excluding hydrogens is 338 g/mol. The van der Waals surface area contributed by atoms with Crippen molar-refractivity contribution < 1.29 is 29.0 Å². The summed E-state index contributed by atoms with van der Waals surface area (Å²) in [6, 6.07) is 8.45. The molecule has 0 bridgehead atoms.